The van der Waals surface area contributed by atoms with E-state index in [1.165, 1.54) is 0 Å². The van der Waals surface area contributed by atoms with Crippen LogP contribution in [0.1, 0.15) is 26.3 Å². The van der Waals surface area contributed by atoms with Crippen molar-refractivity contribution in [3.05, 3.63) is 92.7 Å². The number of benzene rings is 4. The fourth-order valence-electron chi connectivity index (χ4n) is 4.91. The average Bonchev–Trinajstić information content (AvgIpc) is 2.77. The minimum Gasteiger partial charge on any atom is -0.506 e. The summed E-state index contributed by atoms with van der Waals surface area (Å²) in [5.41, 5.74) is 2.12. The summed E-state index contributed by atoms with van der Waals surface area (Å²) < 4.78 is 1.92. The predicted octanol–water partition coefficient (Wildman–Crippen LogP) is 5.71. The molecular weight excluding hydrogens is 398 g/mol. The van der Waals surface area contributed by atoms with Gasteiger partial charge in [0.25, 0.3) is 0 Å². The van der Waals surface area contributed by atoms with Crippen molar-refractivity contribution in [2.24, 2.45) is 0 Å². The minimum atomic E-state index is -0.236. The van der Waals surface area contributed by atoms with Crippen molar-refractivity contribution in [3.8, 4) is 5.75 Å². The molecule has 1 N–H and O–H groups in total. The van der Waals surface area contributed by atoms with E-state index in [-0.39, 0.29) is 22.0 Å². The summed E-state index contributed by atoms with van der Waals surface area (Å²) in [7, 11) is 0. The van der Waals surface area contributed by atoms with Crippen LogP contribution in [0.5, 0.6) is 5.75 Å². The molecule has 0 saturated carbocycles. The predicted molar refractivity (Wildman–Crippen MR) is 132 cm³/mol. The summed E-state index contributed by atoms with van der Waals surface area (Å²) in [6, 6.07) is 20.5. The second kappa shape index (κ2) is 6.07. The van der Waals surface area contributed by atoms with Crippen molar-refractivity contribution in [1.29, 1.82) is 0 Å². The molecule has 0 radical (unpaired) electrons. The number of hydrogen-bond acceptors (Lipinski definition) is 3. The van der Waals surface area contributed by atoms with E-state index in [1.54, 1.807) is 18.2 Å². The molecule has 2 aromatic heterocycles. The topological polar surface area (TPSA) is 58.8 Å². The van der Waals surface area contributed by atoms with E-state index in [9.17, 15) is 14.7 Å². The maximum atomic E-state index is 13.8. The maximum absolute atomic E-state index is 13.8. The fourth-order valence-corrected chi connectivity index (χ4v) is 4.91. The van der Waals surface area contributed by atoms with E-state index in [4.69, 9.17) is 0 Å². The van der Waals surface area contributed by atoms with Gasteiger partial charge in [0.2, 0.25) is 0 Å². The summed E-state index contributed by atoms with van der Waals surface area (Å²) in [6.45, 7) is 6.21. The molecule has 0 saturated heterocycles. The highest BCUT2D eigenvalue weighted by Gasteiger charge is 2.23. The first kappa shape index (κ1) is 18.8. The van der Waals surface area contributed by atoms with Crippen LogP contribution in [-0.4, -0.2) is 9.51 Å². The Labute approximate surface area is 183 Å². The molecule has 2 heterocycles. The van der Waals surface area contributed by atoms with Gasteiger partial charge in [0, 0.05) is 21.5 Å². The molecule has 0 unspecified atom stereocenters. The van der Waals surface area contributed by atoms with Crippen molar-refractivity contribution in [2.45, 2.75) is 26.2 Å². The number of aromatic hydroxyl groups is 1. The minimum absolute atomic E-state index is 0.0144. The van der Waals surface area contributed by atoms with Crippen LogP contribution < -0.4 is 10.9 Å². The van der Waals surface area contributed by atoms with E-state index in [0.29, 0.717) is 38.1 Å². The lowest BCUT2D eigenvalue weighted by Crippen LogP contribution is -2.18. The van der Waals surface area contributed by atoms with E-state index in [2.05, 4.69) is 20.8 Å². The first-order valence-corrected chi connectivity index (χ1v) is 10.7. The number of pyridine rings is 2. The van der Waals surface area contributed by atoms with Crippen molar-refractivity contribution in [1.82, 2.24) is 4.40 Å². The molecule has 0 fully saturated rings. The zero-order valence-electron chi connectivity index (χ0n) is 18.1. The van der Waals surface area contributed by atoms with Gasteiger partial charge < -0.3 is 9.51 Å². The van der Waals surface area contributed by atoms with Gasteiger partial charge in [-0.2, -0.15) is 0 Å². The SMILES string of the molecule is CC(C)(C)c1cc2c(=O)c3cccc(O)c3n3c2c(c1)c(=O)c1ccc2ccccc2c13. The Morgan fingerprint density at radius 3 is 1.94 bits per heavy atom. The van der Waals surface area contributed by atoms with Crippen LogP contribution in [0.2, 0.25) is 0 Å². The van der Waals surface area contributed by atoms with Crippen LogP contribution in [0.3, 0.4) is 0 Å². The number of phenols is 1. The van der Waals surface area contributed by atoms with E-state index in [1.807, 2.05) is 52.9 Å². The smallest absolute Gasteiger partial charge is 0.197 e. The zero-order chi connectivity index (χ0) is 22.4. The van der Waals surface area contributed by atoms with Crippen molar-refractivity contribution < 1.29 is 5.11 Å². The van der Waals surface area contributed by atoms with Crippen LogP contribution >= 0.6 is 0 Å². The van der Waals surface area contributed by atoms with Crippen molar-refractivity contribution >= 4 is 48.9 Å². The van der Waals surface area contributed by atoms with Gasteiger partial charge in [-0.15, -0.1) is 0 Å². The Morgan fingerprint density at radius 2 is 1.25 bits per heavy atom. The third-order valence-corrected chi connectivity index (χ3v) is 6.54. The molecule has 0 spiro atoms. The monoisotopic (exact) mass is 419 g/mol. The molecular formula is C28H21NO3. The molecule has 0 amide bonds. The summed E-state index contributed by atoms with van der Waals surface area (Å²) in [4.78, 5) is 27.4. The number of nitrogens with zero attached hydrogens (tertiary/aromatic N) is 1. The van der Waals surface area contributed by atoms with Crippen LogP contribution in [-0.2, 0) is 5.41 Å². The quantitative estimate of drug-likeness (QED) is 0.253. The van der Waals surface area contributed by atoms with Gasteiger partial charge in [0.15, 0.2) is 10.9 Å². The molecule has 6 rings (SSSR count). The summed E-state index contributed by atoms with van der Waals surface area (Å²) >= 11 is 0. The van der Waals surface area contributed by atoms with Crippen molar-refractivity contribution in [2.75, 3.05) is 0 Å². The van der Waals surface area contributed by atoms with Gasteiger partial charge in [-0.05, 0) is 46.7 Å². The third-order valence-electron chi connectivity index (χ3n) is 6.54. The Bertz CT molecular complexity index is 1840. The summed E-state index contributed by atoms with van der Waals surface area (Å²) in [5, 5.41) is 14.8. The summed E-state index contributed by atoms with van der Waals surface area (Å²) in [5.74, 6) is 0.0144. The van der Waals surface area contributed by atoms with Crippen LogP contribution in [0.4, 0.5) is 0 Å². The molecule has 4 nitrogen and oxygen atoms in total. The highest BCUT2D eigenvalue weighted by molar-refractivity contribution is 6.15. The normalized spacial score (nSPS) is 12.6. The van der Waals surface area contributed by atoms with Gasteiger partial charge in [-0.3, -0.25) is 9.59 Å². The second-order valence-corrected chi connectivity index (χ2v) is 9.52. The Balaban J connectivity index is 2.10. The Hall–Kier alpha value is -3.92. The number of phenolic OH excluding ortho intramolecular Hbond substituents is 1. The maximum Gasteiger partial charge on any atom is 0.197 e. The van der Waals surface area contributed by atoms with Gasteiger partial charge in [0.1, 0.15) is 5.75 Å². The molecule has 0 aliphatic rings. The molecule has 0 aliphatic carbocycles. The molecule has 156 valence electrons. The van der Waals surface area contributed by atoms with Crippen LogP contribution in [0, 0.1) is 0 Å². The average molecular weight is 419 g/mol. The van der Waals surface area contributed by atoms with Crippen molar-refractivity contribution in [3.63, 3.8) is 0 Å². The largest absolute Gasteiger partial charge is 0.506 e. The molecule has 4 heteroatoms. The second-order valence-electron chi connectivity index (χ2n) is 9.52. The van der Waals surface area contributed by atoms with Gasteiger partial charge in [-0.25, -0.2) is 0 Å². The fraction of sp³-hybridized carbons (Fsp3) is 0.143. The highest BCUT2D eigenvalue weighted by atomic mass is 16.3. The lowest BCUT2D eigenvalue weighted by atomic mass is 9.85. The lowest BCUT2D eigenvalue weighted by molar-refractivity contribution is 0.480. The molecule has 6 aromatic rings. The van der Waals surface area contributed by atoms with Gasteiger partial charge >= 0.3 is 0 Å². The van der Waals surface area contributed by atoms with Crippen LogP contribution in [0.25, 0.3) is 48.9 Å². The standard InChI is InChI=1S/C28H21NO3/c1-28(2,3)16-13-20-24-21(14-16)27(32)19-12-11-15-7-4-5-8-17(15)23(19)29(24)25-18(26(20)31)9-6-10-22(25)30/h4-14,30H,1-3H3. The lowest BCUT2D eigenvalue weighted by Gasteiger charge is -2.22. The number of fused-ring (bicyclic) bond motifs is 6. The number of aromatic nitrogens is 1. The third kappa shape index (κ3) is 2.32. The van der Waals surface area contributed by atoms with E-state index >= 15 is 0 Å². The number of hydrogen-bond donors (Lipinski definition) is 1. The molecule has 0 bridgehead atoms. The molecule has 0 aliphatic heterocycles. The van der Waals surface area contributed by atoms with E-state index in [0.717, 1.165) is 16.3 Å². The molecule has 32 heavy (non-hydrogen) atoms. The van der Waals surface area contributed by atoms with Gasteiger partial charge in [0.05, 0.1) is 21.9 Å². The highest BCUT2D eigenvalue weighted by Crippen LogP contribution is 2.36. The number of rotatable bonds is 0. The van der Waals surface area contributed by atoms with E-state index < -0.39 is 0 Å². The number of para-hydroxylation sites is 1. The van der Waals surface area contributed by atoms with Crippen LogP contribution in [0.15, 0.2) is 76.3 Å². The first-order valence-electron chi connectivity index (χ1n) is 10.7. The zero-order valence-corrected chi connectivity index (χ0v) is 18.1. The Kier molecular flexibility index (Phi) is 3.57. The van der Waals surface area contributed by atoms with Gasteiger partial charge in [-0.1, -0.05) is 57.2 Å². The molecule has 4 aromatic carbocycles. The first-order chi connectivity index (χ1) is 15.3. The Morgan fingerprint density at radius 1 is 0.656 bits per heavy atom. The molecule has 0 atom stereocenters. The summed E-state index contributed by atoms with van der Waals surface area (Å²) in [6.07, 6.45) is 0.